The molecule has 2 aromatic rings. The summed E-state index contributed by atoms with van der Waals surface area (Å²) in [7, 11) is 0. The molecule has 1 aliphatic rings. The van der Waals surface area contributed by atoms with Gasteiger partial charge in [0.1, 0.15) is 0 Å². The lowest BCUT2D eigenvalue weighted by molar-refractivity contribution is -0.155. The highest BCUT2D eigenvalue weighted by molar-refractivity contribution is 6.31. The number of nitrogens with one attached hydrogen (secondary N) is 1. The molecular formula is C24H26ClN3O5. The molecule has 1 heterocycles. The van der Waals surface area contributed by atoms with Crippen molar-refractivity contribution in [2.45, 2.75) is 45.3 Å². The second-order valence-corrected chi connectivity index (χ2v) is 8.16. The Morgan fingerprint density at radius 3 is 2.52 bits per heavy atom. The quantitative estimate of drug-likeness (QED) is 0.546. The molecule has 0 aromatic heterocycles. The first kappa shape index (κ1) is 24.4. The molecule has 9 heteroatoms. The van der Waals surface area contributed by atoms with Gasteiger partial charge in [0.15, 0.2) is 6.10 Å². The van der Waals surface area contributed by atoms with Crippen LogP contribution >= 0.6 is 11.6 Å². The molecule has 2 atom stereocenters. The van der Waals surface area contributed by atoms with E-state index in [0.717, 1.165) is 0 Å². The molecule has 0 fully saturated rings. The summed E-state index contributed by atoms with van der Waals surface area (Å²) < 4.78 is 5.06. The SMILES string of the molecule is CCCOC(=O)[C@H](O)[C@@H](Cc1ccccc1Cl)NC(=O)c1ccc(N2N=C(C)CC2=O)cc1. The van der Waals surface area contributed by atoms with Gasteiger partial charge in [-0.2, -0.15) is 5.10 Å². The van der Waals surface area contributed by atoms with Crippen LogP contribution < -0.4 is 10.3 Å². The molecule has 0 aliphatic carbocycles. The van der Waals surface area contributed by atoms with Crippen LogP contribution in [-0.4, -0.2) is 47.4 Å². The number of rotatable bonds is 9. The predicted octanol–water partition coefficient (Wildman–Crippen LogP) is 3.11. The highest BCUT2D eigenvalue weighted by atomic mass is 35.5. The number of nitrogens with zero attached hydrogens (tertiary/aromatic N) is 2. The van der Waals surface area contributed by atoms with Crippen molar-refractivity contribution in [3.63, 3.8) is 0 Å². The zero-order valence-electron chi connectivity index (χ0n) is 18.5. The smallest absolute Gasteiger partial charge is 0.337 e. The standard InChI is InChI=1S/C24H26ClN3O5/c1-3-12-33-24(32)22(30)20(14-17-6-4-5-7-19(17)25)26-23(31)16-8-10-18(11-9-16)28-21(29)13-15(2)27-28/h4-11,20,22,30H,3,12-14H2,1-2H3,(H,26,31)/t20-,22-/m1/s1. The van der Waals surface area contributed by atoms with Crippen molar-refractivity contribution < 1.29 is 24.2 Å². The number of aliphatic hydroxyl groups excluding tert-OH is 1. The second-order valence-electron chi connectivity index (χ2n) is 7.75. The van der Waals surface area contributed by atoms with Gasteiger partial charge in [-0.1, -0.05) is 36.7 Å². The van der Waals surface area contributed by atoms with Gasteiger partial charge in [0.05, 0.1) is 24.8 Å². The van der Waals surface area contributed by atoms with E-state index >= 15 is 0 Å². The molecule has 0 bridgehead atoms. The third kappa shape index (κ3) is 6.18. The van der Waals surface area contributed by atoms with E-state index in [2.05, 4.69) is 10.4 Å². The van der Waals surface area contributed by atoms with E-state index in [4.69, 9.17) is 16.3 Å². The summed E-state index contributed by atoms with van der Waals surface area (Å²) in [6, 6.07) is 12.4. The van der Waals surface area contributed by atoms with Gasteiger partial charge in [0.2, 0.25) is 0 Å². The maximum absolute atomic E-state index is 12.9. The molecule has 0 radical (unpaired) electrons. The highest BCUT2D eigenvalue weighted by Gasteiger charge is 2.30. The van der Waals surface area contributed by atoms with Crippen molar-refractivity contribution in [1.29, 1.82) is 0 Å². The van der Waals surface area contributed by atoms with Crippen LogP contribution in [0.4, 0.5) is 5.69 Å². The van der Waals surface area contributed by atoms with Gasteiger partial charge < -0.3 is 15.2 Å². The van der Waals surface area contributed by atoms with Crippen LogP contribution in [0.2, 0.25) is 5.02 Å². The Bertz CT molecular complexity index is 1050. The fourth-order valence-corrected chi connectivity index (χ4v) is 3.57. The molecular weight excluding hydrogens is 446 g/mol. The van der Waals surface area contributed by atoms with E-state index < -0.39 is 24.0 Å². The number of hydrazone groups is 1. The van der Waals surface area contributed by atoms with Crippen molar-refractivity contribution in [1.82, 2.24) is 5.32 Å². The first-order valence-corrected chi connectivity index (χ1v) is 11.0. The normalized spacial score (nSPS) is 15.1. The largest absolute Gasteiger partial charge is 0.464 e. The van der Waals surface area contributed by atoms with Crippen LogP contribution in [-0.2, 0) is 20.7 Å². The minimum atomic E-state index is -1.57. The maximum atomic E-state index is 12.9. The Hall–Kier alpha value is -3.23. The minimum absolute atomic E-state index is 0.127. The molecule has 0 unspecified atom stereocenters. The molecule has 174 valence electrons. The van der Waals surface area contributed by atoms with Gasteiger partial charge in [-0.05, 0) is 55.7 Å². The van der Waals surface area contributed by atoms with Crippen molar-refractivity contribution in [2.75, 3.05) is 11.6 Å². The van der Waals surface area contributed by atoms with Crippen molar-refractivity contribution >= 4 is 40.8 Å². The lowest BCUT2D eigenvalue weighted by Gasteiger charge is -2.24. The molecule has 8 nitrogen and oxygen atoms in total. The Morgan fingerprint density at radius 2 is 1.91 bits per heavy atom. The highest BCUT2D eigenvalue weighted by Crippen LogP contribution is 2.22. The van der Waals surface area contributed by atoms with Gasteiger partial charge in [0.25, 0.3) is 11.8 Å². The molecule has 2 N–H and O–H groups in total. The Morgan fingerprint density at radius 1 is 1.21 bits per heavy atom. The fourth-order valence-electron chi connectivity index (χ4n) is 3.36. The first-order chi connectivity index (χ1) is 15.8. The first-order valence-electron chi connectivity index (χ1n) is 10.7. The number of benzene rings is 2. The average molecular weight is 472 g/mol. The number of anilines is 1. The van der Waals surface area contributed by atoms with Crippen LogP contribution in [0.3, 0.4) is 0 Å². The van der Waals surface area contributed by atoms with Crippen LogP contribution in [0, 0.1) is 0 Å². The fraction of sp³-hybridized carbons (Fsp3) is 0.333. The van der Waals surface area contributed by atoms with Gasteiger partial charge >= 0.3 is 5.97 Å². The molecule has 33 heavy (non-hydrogen) atoms. The van der Waals surface area contributed by atoms with Crippen LogP contribution in [0.5, 0.6) is 0 Å². The summed E-state index contributed by atoms with van der Waals surface area (Å²) in [5, 5.41) is 19.3. The summed E-state index contributed by atoms with van der Waals surface area (Å²) in [4.78, 5) is 37.2. The predicted molar refractivity (Wildman–Crippen MR) is 125 cm³/mol. The number of hydrogen-bond acceptors (Lipinski definition) is 6. The maximum Gasteiger partial charge on any atom is 0.337 e. The minimum Gasteiger partial charge on any atom is -0.464 e. The van der Waals surface area contributed by atoms with E-state index in [1.54, 1.807) is 55.5 Å². The van der Waals surface area contributed by atoms with E-state index in [1.807, 2.05) is 6.92 Å². The number of ether oxygens (including phenoxy) is 1. The molecule has 3 rings (SSSR count). The number of halogens is 1. The number of carbonyl (C=O) groups excluding carboxylic acids is 3. The summed E-state index contributed by atoms with van der Waals surface area (Å²) in [6.45, 7) is 3.78. The zero-order valence-corrected chi connectivity index (χ0v) is 19.2. The van der Waals surface area contributed by atoms with E-state index in [0.29, 0.717) is 34.0 Å². The number of amides is 2. The van der Waals surface area contributed by atoms with Crippen molar-refractivity contribution in [2.24, 2.45) is 5.10 Å². The summed E-state index contributed by atoms with van der Waals surface area (Å²) >= 11 is 6.24. The van der Waals surface area contributed by atoms with Gasteiger partial charge in [0, 0.05) is 16.3 Å². The monoisotopic (exact) mass is 471 g/mol. The van der Waals surface area contributed by atoms with Crippen LogP contribution in [0.25, 0.3) is 0 Å². The zero-order chi connectivity index (χ0) is 24.0. The van der Waals surface area contributed by atoms with E-state index in [-0.39, 0.29) is 25.4 Å². The molecule has 1 aliphatic heterocycles. The van der Waals surface area contributed by atoms with Gasteiger partial charge in [-0.15, -0.1) is 0 Å². The average Bonchev–Trinajstić information content (AvgIpc) is 3.15. The third-order valence-corrected chi connectivity index (χ3v) is 5.44. The number of hydrogen-bond donors (Lipinski definition) is 2. The molecule has 0 spiro atoms. The van der Waals surface area contributed by atoms with Gasteiger partial charge in [-0.25, -0.2) is 9.80 Å². The lowest BCUT2D eigenvalue weighted by atomic mass is 10.0. The van der Waals surface area contributed by atoms with E-state index in [1.165, 1.54) is 5.01 Å². The topological polar surface area (TPSA) is 108 Å². The van der Waals surface area contributed by atoms with Gasteiger partial charge in [-0.3, -0.25) is 9.59 Å². The molecule has 0 saturated heterocycles. The number of carbonyl (C=O) groups is 3. The number of esters is 1. The van der Waals surface area contributed by atoms with Crippen LogP contribution in [0.15, 0.2) is 53.6 Å². The van der Waals surface area contributed by atoms with Crippen molar-refractivity contribution in [3.8, 4) is 0 Å². The lowest BCUT2D eigenvalue weighted by Crippen LogP contribution is -2.49. The molecule has 2 amide bonds. The molecule has 2 aromatic carbocycles. The third-order valence-electron chi connectivity index (χ3n) is 5.07. The summed E-state index contributed by atoms with van der Waals surface area (Å²) in [5.41, 5.74) is 2.23. The van der Waals surface area contributed by atoms with E-state index in [9.17, 15) is 19.5 Å². The Balaban J connectivity index is 1.76. The van der Waals surface area contributed by atoms with Crippen LogP contribution in [0.1, 0.15) is 42.6 Å². The summed E-state index contributed by atoms with van der Waals surface area (Å²) in [5.74, 6) is -1.45. The summed E-state index contributed by atoms with van der Waals surface area (Å²) in [6.07, 6.45) is -0.578. The molecule has 0 saturated carbocycles. The second kappa shape index (κ2) is 11.1. The Labute approximate surface area is 197 Å². The Kier molecular flexibility index (Phi) is 8.19. The van der Waals surface area contributed by atoms with Crippen molar-refractivity contribution in [3.05, 3.63) is 64.7 Å². The number of aliphatic hydroxyl groups is 1.